The number of fused-ring (bicyclic) bond motifs is 4. The Hall–Kier alpha value is -2.88. The van der Waals surface area contributed by atoms with Crippen LogP contribution < -0.4 is 0 Å². The lowest BCUT2D eigenvalue weighted by molar-refractivity contribution is 0.0479. The molecule has 0 unspecified atom stereocenters. The van der Waals surface area contributed by atoms with Crippen molar-refractivity contribution in [2.24, 2.45) is 0 Å². The molecule has 0 bridgehead atoms. The minimum Gasteiger partial charge on any atom is -0.462 e. The first kappa shape index (κ1) is 21.9. The van der Waals surface area contributed by atoms with E-state index >= 15 is 0 Å². The SMILES string of the molecule is CN1CCN(CCCOC(=O)c2c3c(n4cc(Br)ccc24)C(=O)c2ncccc2C3=O)CC1. The van der Waals surface area contributed by atoms with Crippen molar-refractivity contribution in [2.45, 2.75) is 6.42 Å². The highest BCUT2D eigenvalue weighted by Crippen LogP contribution is 2.34. The lowest BCUT2D eigenvalue weighted by atomic mass is 9.89. The van der Waals surface area contributed by atoms with Crippen molar-refractivity contribution in [3.63, 3.8) is 0 Å². The van der Waals surface area contributed by atoms with Gasteiger partial charge in [-0.1, -0.05) is 0 Å². The van der Waals surface area contributed by atoms with Crippen molar-refractivity contribution in [1.29, 1.82) is 0 Å². The van der Waals surface area contributed by atoms with Crippen LogP contribution in [0.4, 0.5) is 0 Å². The number of aromatic nitrogens is 2. The van der Waals surface area contributed by atoms with Crippen LogP contribution in [-0.4, -0.2) is 83.1 Å². The van der Waals surface area contributed by atoms with E-state index in [9.17, 15) is 14.4 Å². The van der Waals surface area contributed by atoms with Crippen LogP contribution in [0.25, 0.3) is 5.52 Å². The summed E-state index contributed by atoms with van der Waals surface area (Å²) in [5.74, 6) is -1.37. The molecular weight excluding hydrogens is 488 g/mol. The van der Waals surface area contributed by atoms with Gasteiger partial charge in [-0.25, -0.2) is 4.79 Å². The molecule has 0 radical (unpaired) electrons. The van der Waals surface area contributed by atoms with Crippen molar-refractivity contribution in [2.75, 3.05) is 46.4 Å². The topological polar surface area (TPSA) is 84.2 Å². The summed E-state index contributed by atoms with van der Waals surface area (Å²) in [7, 11) is 2.11. The van der Waals surface area contributed by atoms with Crippen molar-refractivity contribution < 1.29 is 19.1 Å². The third kappa shape index (κ3) is 3.90. The smallest absolute Gasteiger partial charge is 0.341 e. The Morgan fingerprint density at radius 1 is 1.12 bits per heavy atom. The highest BCUT2D eigenvalue weighted by atomic mass is 79.9. The number of nitrogens with zero attached hydrogens (tertiary/aromatic N) is 4. The molecule has 1 saturated heterocycles. The first-order valence-corrected chi connectivity index (χ1v) is 11.7. The molecular formula is C24H23BrN4O4. The summed E-state index contributed by atoms with van der Waals surface area (Å²) < 4.78 is 7.89. The Morgan fingerprint density at radius 3 is 2.70 bits per heavy atom. The fraction of sp³-hybridized carbons (Fsp3) is 0.333. The predicted molar refractivity (Wildman–Crippen MR) is 125 cm³/mol. The Kier molecular flexibility index (Phi) is 5.86. The van der Waals surface area contributed by atoms with Crippen molar-refractivity contribution >= 4 is 39.0 Å². The number of ketones is 2. The number of rotatable bonds is 5. The first-order valence-electron chi connectivity index (χ1n) is 10.9. The van der Waals surface area contributed by atoms with E-state index in [1.165, 1.54) is 6.20 Å². The molecule has 1 fully saturated rings. The van der Waals surface area contributed by atoms with E-state index in [-0.39, 0.29) is 40.5 Å². The number of carbonyl (C=O) groups excluding carboxylic acids is 3. The average molecular weight is 511 g/mol. The van der Waals surface area contributed by atoms with Crippen LogP contribution in [0.5, 0.6) is 0 Å². The van der Waals surface area contributed by atoms with Gasteiger partial charge < -0.3 is 18.9 Å². The zero-order chi connectivity index (χ0) is 23.1. The molecule has 2 aliphatic rings. The van der Waals surface area contributed by atoms with Crippen LogP contribution in [0.1, 0.15) is 48.9 Å². The molecule has 0 amide bonds. The largest absolute Gasteiger partial charge is 0.462 e. The van der Waals surface area contributed by atoms with Crippen LogP contribution in [0, 0.1) is 0 Å². The zero-order valence-corrected chi connectivity index (χ0v) is 19.8. The van der Waals surface area contributed by atoms with Gasteiger partial charge in [0.15, 0.2) is 5.78 Å². The summed E-state index contributed by atoms with van der Waals surface area (Å²) in [6.07, 6.45) is 3.86. The van der Waals surface area contributed by atoms with Gasteiger partial charge in [-0.2, -0.15) is 0 Å². The molecule has 0 saturated carbocycles. The zero-order valence-electron chi connectivity index (χ0n) is 18.2. The third-order valence-electron chi connectivity index (χ3n) is 6.26. The number of piperazine rings is 1. The number of likely N-dealkylation sites (N-methyl/N-ethyl adjacent to an activating group) is 1. The Morgan fingerprint density at radius 2 is 1.91 bits per heavy atom. The molecule has 5 rings (SSSR count). The molecule has 33 heavy (non-hydrogen) atoms. The highest BCUT2D eigenvalue weighted by Gasteiger charge is 2.39. The third-order valence-corrected chi connectivity index (χ3v) is 6.73. The maximum atomic E-state index is 13.4. The molecule has 8 nitrogen and oxygen atoms in total. The van der Waals surface area contributed by atoms with Crippen LogP contribution in [0.2, 0.25) is 0 Å². The summed E-state index contributed by atoms with van der Waals surface area (Å²) >= 11 is 3.41. The van der Waals surface area contributed by atoms with Gasteiger partial charge in [0.1, 0.15) is 11.4 Å². The molecule has 0 N–H and O–H groups in total. The molecule has 170 valence electrons. The molecule has 0 aromatic carbocycles. The van der Waals surface area contributed by atoms with Crippen molar-refractivity contribution in [3.8, 4) is 0 Å². The summed E-state index contributed by atoms with van der Waals surface area (Å²) in [5, 5.41) is 0. The number of esters is 1. The van der Waals surface area contributed by atoms with E-state index in [0.717, 1.165) is 32.7 Å². The van der Waals surface area contributed by atoms with Crippen LogP contribution >= 0.6 is 15.9 Å². The minimum atomic E-state index is -0.594. The molecule has 1 aliphatic heterocycles. The van der Waals surface area contributed by atoms with Gasteiger partial charge in [-0.15, -0.1) is 0 Å². The molecule has 0 spiro atoms. The fourth-order valence-electron chi connectivity index (χ4n) is 4.49. The van der Waals surface area contributed by atoms with Gasteiger partial charge in [0.05, 0.1) is 28.8 Å². The van der Waals surface area contributed by atoms with Crippen molar-refractivity contribution in [1.82, 2.24) is 19.2 Å². The van der Waals surface area contributed by atoms with E-state index in [4.69, 9.17) is 4.74 Å². The maximum Gasteiger partial charge on any atom is 0.341 e. The van der Waals surface area contributed by atoms with Gasteiger partial charge in [-0.05, 0) is 53.7 Å². The lowest BCUT2D eigenvalue weighted by Crippen LogP contribution is -2.44. The number of pyridine rings is 2. The van der Waals surface area contributed by atoms with Crippen LogP contribution in [-0.2, 0) is 4.74 Å². The van der Waals surface area contributed by atoms with Crippen LogP contribution in [0.3, 0.4) is 0 Å². The Labute approximate surface area is 199 Å². The molecule has 4 heterocycles. The number of ether oxygens (including phenoxy) is 1. The summed E-state index contributed by atoms with van der Waals surface area (Å²) in [5.41, 5.74) is 1.12. The summed E-state index contributed by atoms with van der Waals surface area (Å²) in [6.45, 7) is 5.16. The quantitative estimate of drug-likeness (QED) is 0.301. The number of halogens is 1. The molecule has 1 aliphatic carbocycles. The molecule has 3 aromatic rings. The normalized spacial score (nSPS) is 16.7. The summed E-state index contributed by atoms with van der Waals surface area (Å²) in [4.78, 5) is 48.6. The number of hydrogen-bond donors (Lipinski definition) is 0. The monoisotopic (exact) mass is 510 g/mol. The second kappa shape index (κ2) is 8.81. The van der Waals surface area contributed by atoms with E-state index in [1.54, 1.807) is 34.9 Å². The minimum absolute atomic E-state index is 0.0858. The first-order chi connectivity index (χ1) is 16.0. The molecule has 3 aromatic heterocycles. The number of carbonyl (C=O) groups is 3. The van der Waals surface area contributed by atoms with Gasteiger partial charge in [0.25, 0.3) is 0 Å². The Bertz CT molecular complexity index is 1280. The predicted octanol–water partition coefficient (Wildman–Crippen LogP) is 2.67. The second-order valence-corrected chi connectivity index (χ2v) is 9.31. The maximum absolute atomic E-state index is 13.4. The average Bonchev–Trinajstić information content (AvgIpc) is 3.16. The standard InChI is InChI=1S/C24H23BrN4O4/c1-27-9-11-28(12-10-27)8-3-13-33-24(32)18-17-6-5-15(25)14-29(17)21-19(18)22(30)16-4-2-7-26-20(16)23(21)31/h2,4-7,14H,3,8-13H2,1H3. The summed E-state index contributed by atoms with van der Waals surface area (Å²) in [6, 6.07) is 6.65. The highest BCUT2D eigenvalue weighted by molar-refractivity contribution is 9.10. The second-order valence-electron chi connectivity index (χ2n) is 8.39. The van der Waals surface area contributed by atoms with E-state index in [1.807, 2.05) is 0 Å². The van der Waals surface area contributed by atoms with Gasteiger partial charge in [0.2, 0.25) is 5.78 Å². The van der Waals surface area contributed by atoms with Crippen molar-refractivity contribution in [3.05, 3.63) is 69.2 Å². The van der Waals surface area contributed by atoms with E-state index < -0.39 is 11.8 Å². The van der Waals surface area contributed by atoms with E-state index in [0.29, 0.717) is 16.4 Å². The van der Waals surface area contributed by atoms with Gasteiger partial charge in [0, 0.05) is 49.6 Å². The van der Waals surface area contributed by atoms with Gasteiger partial charge >= 0.3 is 5.97 Å². The molecule has 9 heteroatoms. The Balaban J connectivity index is 1.43. The fourth-order valence-corrected chi connectivity index (χ4v) is 4.83. The van der Waals surface area contributed by atoms with E-state index in [2.05, 4.69) is 37.8 Å². The number of hydrogen-bond acceptors (Lipinski definition) is 7. The van der Waals surface area contributed by atoms with Gasteiger partial charge in [-0.3, -0.25) is 14.6 Å². The van der Waals surface area contributed by atoms with Crippen LogP contribution in [0.15, 0.2) is 41.1 Å². The molecule has 0 atom stereocenters. The lowest BCUT2D eigenvalue weighted by Gasteiger charge is -2.32.